The summed E-state index contributed by atoms with van der Waals surface area (Å²) in [5.74, 6) is -0.0147. The molecule has 0 spiro atoms. The molecule has 0 aliphatic rings. The number of hydrogen-bond donors (Lipinski definition) is 3. The fourth-order valence-corrected chi connectivity index (χ4v) is 1.85. The first-order valence-electron chi connectivity index (χ1n) is 7.50. The van der Waals surface area contributed by atoms with E-state index in [1.54, 1.807) is 0 Å². The normalized spacial score (nSPS) is 14.5. The molecule has 0 radical (unpaired) electrons. The summed E-state index contributed by atoms with van der Waals surface area (Å²) in [6, 6.07) is -0.0855. The van der Waals surface area contributed by atoms with E-state index in [-0.39, 0.29) is 29.4 Å². The molecule has 20 heavy (non-hydrogen) atoms. The molecule has 0 aromatic rings. The molecule has 5 nitrogen and oxygen atoms in total. The molecular formula is C15H31N3O2. The highest BCUT2D eigenvalue weighted by Gasteiger charge is 2.16. The third kappa shape index (κ3) is 9.78. The van der Waals surface area contributed by atoms with Gasteiger partial charge in [0.05, 0.1) is 6.04 Å². The monoisotopic (exact) mass is 285 g/mol. The molecule has 0 aromatic carbocycles. The highest BCUT2D eigenvalue weighted by atomic mass is 16.2. The van der Waals surface area contributed by atoms with Crippen LogP contribution in [0.5, 0.6) is 0 Å². The van der Waals surface area contributed by atoms with Gasteiger partial charge in [-0.2, -0.15) is 0 Å². The lowest BCUT2D eigenvalue weighted by Gasteiger charge is -2.21. The van der Waals surface area contributed by atoms with Crippen LogP contribution in [-0.4, -0.2) is 36.0 Å². The van der Waals surface area contributed by atoms with Crippen molar-refractivity contribution in [2.24, 2.45) is 0 Å². The lowest BCUT2D eigenvalue weighted by Crippen LogP contribution is -2.47. The molecule has 0 aliphatic carbocycles. The summed E-state index contributed by atoms with van der Waals surface area (Å²) in [4.78, 5) is 23.5. The van der Waals surface area contributed by atoms with Crippen LogP contribution in [0.4, 0.5) is 0 Å². The van der Waals surface area contributed by atoms with Crippen molar-refractivity contribution < 1.29 is 9.59 Å². The minimum Gasteiger partial charge on any atom is -0.352 e. The van der Waals surface area contributed by atoms with Crippen LogP contribution < -0.4 is 16.0 Å². The van der Waals surface area contributed by atoms with E-state index in [4.69, 9.17) is 0 Å². The van der Waals surface area contributed by atoms with E-state index in [0.717, 1.165) is 12.8 Å². The number of carbonyl (C=O) groups is 2. The van der Waals surface area contributed by atoms with Gasteiger partial charge in [0.1, 0.15) is 0 Å². The molecule has 118 valence electrons. The van der Waals surface area contributed by atoms with Crippen molar-refractivity contribution in [2.75, 3.05) is 6.54 Å². The summed E-state index contributed by atoms with van der Waals surface area (Å²) >= 11 is 0. The summed E-state index contributed by atoms with van der Waals surface area (Å²) in [6.07, 6.45) is 2.40. The number of carbonyl (C=O) groups excluding carboxylic acids is 2. The van der Waals surface area contributed by atoms with Crippen LogP contribution in [0.15, 0.2) is 0 Å². The molecule has 5 heteroatoms. The maximum atomic E-state index is 11.9. The quantitative estimate of drug-likeness (QED) is 0.634. The zero-order valence-electron chi connectivity index (χ0n) is 13.8. The van der Waals surface area contributed by atoms with E-state index in [2.05, 4.69) is 22.9 Å². The molecule has 2 unspecified atom stereocenters. The van der Waals surface area contributed by atoms with E-state index >= 15 is 0 Å². The van der Waals surface area contributed by atoms with E-state index in [1.165, 1.54) is 0 Å². The molecule has 2 atom stereocenters. The second-order valence-electron chi connectivity index (χ2n) is 6.42. The Bertz CT molecular complexity index is 311. The minimum absolute atomic E-state index is 0.00282. The van der Waals surface area contributed by atoms with Crippen LogP contribution in [0.3, 0.4) is 0 Å². The Labute approximate surface area is 123 Å². The molecule has 2 amide bonds. The Hall–Kier alpha value is -1.10. The second-order valence-corrected chi connectivity index (χ2v) is 6.42. The van der Waals surface area contributed by atoms with Crippen molar-refractivity contribution >= 4 is 11.8 Å². The first kappa shape index (κ1) is 18.9. The Balaban J connectivity index is 3.90. The average Bonchev–Trinajstić information content (AvgIpc) is 2.26. The van der Waals surface area contributed by atoms with Gasteiger partial charge in [-0.05, 0) is 41.0 Å². The first-order valence-corrected chi connectivity index (χ1v) is 7.50. The van der Waals surface area contributed by atoms with Crippen molar-refractivity contribution in [1.82, 2.24) is 16.0 Å². The molecular weight excluding hydrogens is 254 g/mol. The van der Waals surface area contributed by atoms with Gasteiger partial charge in [-0.25, -0.2) is 0 Å². The van der Waals surface area contributed by atoms with Gasteiger partial charge in [-0.15, -0.1) is 0 Å². The Morgan fingerprint density at radius 1 is 1.15 bits per heavy atom. The van der Waals surface area contributed by atoms with Gasteiger partial charge in [0, 0.05) is 24.5 Å². The van der Waals surface area contributed by atoms with Crippen LogP contribution in [0.1, 0.15) is 60.8 Å². The molecule has 0 heterocycles. The average molecular weight is 285 g/mol. The second kappa shape index (κ2) is 8.95. The minimum atomic E-state index is -0.281. The van der Waals surface area contributed by atoms with E-state index in [1.807, 2.05) is 34.6 Å². The van der Waals surface area contributed by atoms with Crippen molar-refractivity contribution in [3.8, 4) is 0 Å². The molecule has 3 N–H and O–H groups in total. The molecule has 0 rings (SSSR count). The predicted octanol–water partition coefficient (Wildman–Crippen LogP) is 1.57. The zero-order valence-corrected chi connectivity index (χ0v) is 13.8. The molecule has 0 fully saturated rings. The Kier molecular flexibility index (Phi) is 8.46. The maximum Gasteiger partial charge on any atom is 0.237 e. The van der Waals surface area contributed by atoms with Crippen molar-refractivity contribution in [2.45, 2.75) is 78.4 Å². The van der Waals surface area contributed by atoms with E-state index < -0.39 is 0 Å². The summed E-state index contributed by atoms with van der Waals surface area (Å²) in [5, 5.41) is 8.92. The zero-order chi connectivity index (χ0) is 15.8. The molecule has 0 aromatic heterocycles. The largest absolute Gasteiger partial charge is 0.352 e. The van der Waals surface area contributed by atoms with Crippen molar-refractivity contribution in [1.29, 1.82) is 0 Å². The van der Waals surface area contributed by atoms with Gasteiger partial charge in [-0.3, -0.25) is 9.59 Å². The SMILES string of the molecule is CCCC(C)NC(=O)C(C)NCCC(=O)NC(C)(C)C. The number of hydrogen-bond acceptors (Lipinski definition) is 3. The predicted molar refractivity (Wildman–Crippen MR) is 82.5 cm³/mol. The van der Waals surface area contributed by atoms with E-state index in [9.17, 15) is 9.59 Å². The van der Waals surface area contributed by atoms with Gasteiger partial charge in [0.2, 0.25) is 11.8 Å². The van der Waals surface area contributed by atoms with Crippen molar-refractivity contribution in [3.63, 3.8) is 0 Å². The van der Waals surface area contributed by atoms with Crippen LogP contribution in [0, 0.1) is 0 Å². The van der Waals surface area contributed by atoms with Gasteiger partial charge < -0.3 is 16.0 Å². The number of amides is 2. The third-order valence-corrected chi connectivity index (χ3v) is 2.82. The van der Waals surface area contributed by atoms with Gasteiger partial charge in [0.15, 0.2) is 0 Å². The molecule has 0 saturated heterocycles. The van der Waals surface area contributed by atoms with Gasteiger partial charge >= 0.3 is 0 Å². The molecule has 0 saturated carbocycles. The highest BCUT2D eigenvalue weighted by Crippen LogP contribution is 1.99. The standard InChI is InChI=1S/C15H31N3O2/c1-7-8-11(2)17-14(20)12(3)16-10-9-13(19)18-15(4,5)6/h11-12,16H,7-10H2,1-6H3,(H,17,20)(H,18,19). The summed E-state index contributed by atoms with van der Waals surface area (Å²) in [6.45, 7) is 12.3. The van der Waals surface area contributed by atoms with Gasteiger partial charge in [-0.1, -0.05) is 13.3 Å². The topological polar surface area (TPSA) is 70.2 Å². The fraction of sp³-hybridized carbons (Fsp3) is 0.867. The number of rotatable bonds is 8. The van der Waals surface area contributed by atoms with E-state index in [0.29, 0.717) is 13.0 Å². The van der Waals surface area contributed by atoms with Crippen LogP contribution >= 0.6 is 0 Å². The fourth-order valence-electron chi connectivity index (χ4n) is 1.85. The Morgan fingerprint density at radius 2 is 1.75 bits per heavy atom. The summed E-state index contributed by atoms with van der Waals surface area (Å²) < 4.78 is 0. The summed E-state index contributed by atoms with van der Waals surface area (Å²) in [7, 11) is 0. The molecule has 0 bridgehead atoms. The maximum absolute atomic E-state index is 11.9. The number of nitrogens with one attached hydrogen (secondary N) is 3. The third-order valence-electron chi connectivity index (χ3n) is 2.82. The first-order chi connectivity index (χ1) is 9.15. The smallest absolute Gasteiger partial charge is 0.237 e. The summed E-state index contributed by atoms with van der Waals surface area (Å²) in [5.41, 5.74) is -0.213. The van der Waals surface area contributed by atoms with Crippen LogP contribution in [0.2, 0.25) is 0 Å². The van der Waals surface area contributed by atoms with Crippen LogP contribution in [0.25, 0.3) is 0 Å². The van der Waals surface area contributed by atoms with Crippen molar-refractivity contribution in [3.05, 3.63) is 0 Å². The lowest BCUT2D eigenvalue weighted by molar-refractivity contribution is -0.125. The molecule has 0 aliphatic heterocycles. The Morgan fingerprint density at radius 3 is 2.25 bits per heavy atom. The lowest BCUT2D eigenvalue weighted by atomic mass is 10.1. The van der Waals surface area contributed by atoms with Crippen LogP contribution in [-0.2, 0) is 9.59 Å². The van der Waals surface area contributed by atoms with Gasteiger partial charge in [0.25, 0.3) is 0 Å². The highest BCUT2D eigenvalue weighted by molar-refractivity contribution is 5.81.